The van der Waals surface area contributed by atoms with Gasteiger partial charge in [-0.25, -0.2) is 4.39 Å². The van der Waals surface area contributed by atoms with E-state index >= 15 is 0 Å². The summed E-state index contributed by atoms with van der Waals surface area (Å²) < 4.78 is 18.1. The van der Waals surface area contributed by atoms with E-state index in [0.29, 0.717) is 31.3 Å². The lowest BCUT2D eigenvalue weighted by Crippen LogP contribution is -2.19. The third-order valence-corrected chi connectivity index (χ3v) is 2.33. The summed E-state index contributed by atoms with van der Waals surface area (Å²) in [6.07, 6.45) is 0.599. The Hall–Kier alpha value is -0.110. The van der Waals surface area contributed by atoms with Crippen LogP contribution in [0.1, 0.15) is 33.6 Å². The van der Waals surface area contributed by atoms with E-state index in [-0.39, 0.29) is 0 Å². The van der Waals surface area contributed by atoms with Crippen LogP contribution in [0.5, 0.6) is 0 Å². The molecule has 0 rings (SSSR count). The quantitative estimate of drug-likeness (QED) is 0.604. The van der Waals surface area contributed by atoms with E-state index in [4.69, 9.17) is 4.74 Å². The minimum atomic E-state index is -0.660. The summed E-state index contributed by atoms with van der Waals surface area (Å²) in [5, 5.41) is 0. The van der Waals surface area contributed by atoms with Gasteiger partial charge in [0.15, 0.2) is 0 Å². The molecule has 1 nitrogen and oxygen atoms in total. The number of hydrogen-bond donors (Lipinski definition) is 0. The maximum Gasteiger partial charge on any atom is 0.100 e. The van der Waals surface area contributed by atoms with Crippen LogP contribution in [0.2, 0.25) is 0 Å². The van der Waals surface area contributed by atoms with Crippen LogP contribution in [-0.4, -0.2) is 19.9 Å². The Bertz CT molecular complexity index is 104. The van der Waals surface area contributed by atoms with Crippen molar-refractivity contribution < 1.29 is 9.13 Å². The topological polar surface area (TPSA) is 9.23 Å². The number of halogens is 1. The first kappa shape index (κ1) is 11.9. The van der Waals surface area contributed by atoms with Crippen molar-refractivity contribution in [2.45, 2.75) is 39.8 Å². The minimum Gasteiger partial charge on any atom is -0.384 e. The highest BCUT2D eigenvalue weighted by Gasteiger charge is 2.17. The highest BCUT2D eigenvalue weighted by atomic mass is 19.1. The summed E-state index contributed by atoms with van der Waals surface area (Å²) in [5.41, 5.74) is 0. The van der Waals surface area contributed by atoms with Crippen LogP contribution in [0.15, 0.2) is 0 Å². The largest absolute Gasteiger partial charge is 0.384 e. The van der Waals surface area contributed by atoms with Gasteiger partial charge in [-0.3, -0.25) is 0 Å². The van der Waals surface area contributed by atoms with Gasteiger partial charge in [0.1, 0.15) is 6.17 Å². The van der Waals surface area contributed by atoms with Crippen LogP contribution in [0, 0.1) is 11.8 Å². The number of ether oxygens (including phenoxy) is 1. The number of methoxy groups -OCH3 is 1. The van der Waals surface area contributed by atoms with Crippen molar-refractivity contribution in [1.82, 2.24) is 0 Å². The Labute approximate surface area is 75.3 Å². The molecule has 0 heterocycles. The molecule has 2 atom stereocenters. The second kappa shape index (κ2) is 6.41. The minimum absolute atomic E-state index is 0.366. The van der Waals surface area contributed by atoms with Gasteiger partial charge in [-0.2, -0.15) is 0 Å². The van der Waals surface area contributed by atoms with E-state index in [0.717, 1.165) is 0 Å². The number of alkyl halides is 1. The average Bonchev–Trinajstić information content (AvgIpc) is 2.03. The molecule has 0 aliphatic rings. The third-order valence-electron chi connectivity index (χ3n) is 2.33. The first-order valence-corrected chi connectivity index (χ1v) is 4.74. The zero-order chi connectivity index (χ0) is 9.56. The smallest absolute Gasteiger partial charge is 0.100 e. The van der Waals surface area contributed by atoms with Crippen molar-refractivity contribution in [3.63, 3.8) is 0 Å². The Kier molecular flexibility index (Phi) is 6.35. The molecule has 0 saturated carbocycles. The summed E-state index contributed by atoms with van der Waals surface area (Å²) in [6, 6.07) is 0. The van der Waals surface area contributed by atoms with Gasteiger partial charge in [-0.15, -0.1) is 0 Å². The number of hydrogen-bond acceptors (Lipinski definition) is 1. The van der Waals surface area contributed by atoms with Crippen molar-refractivity contribution in [2.75, 3.05) is 13.7 Å². The molecular formula is C10H21FO. The van der Waals surface area contributed by atoms with Crippen LogP contribution in [0.4, 0.5) is 4.39 Å². The molecule has 74 valence electrons. The molecule has 0 aromatic heterocycles. The van der Waals surface area contributed by atoms with Gasteiger partial charge in [-0.05, 0) is 24.7 Å². The first-order valence-electron chi connectivity index (χ1n) is 4.74. The third kappa shape index (κ3) is 4.70. The molecule has 0 amide bonds. The van der Waals surface area contributed by atoms with E-state index in [1.165, 1.54) is 0 Å². The number of rotatable bonds is 6. The van der Waals surface area contributed by atoms with Gasteiger partial charge in [0, 0.05) is 13.7 Å². The van der Waals surface area contributed by atoms with Gasteiger partial charge in [0.25, 0.3) is 0 Å². The second-order valence-electron chi connectivity index (χ2n) is 3.70. The molecule has 0 spiro atoms. The maximum atomic E-state index is 13.0. The van der Waals surface area contributed by atoms with Gasteiger partial charge < -0.3 is 4.74 Å². The lowest BCUT2D eigenvalue weighted by Gasteiger charge is -2.21. The van der Waals surface area contributed by atoms with E-state index < -0.39 is 6.17 Å². The standard InChI is InChI=1S/C10H21FO/c1-5-10(11)6-9(7-12-4)8(2)3/h8-10H,5-7H2,1-4H3/t9-,10-/m0/s1. The zero-order valence-corrected chi connectivity index (χ0v) is 8.64. The highest BCUT2D eigenvalue weighted by Crippen LogP contribution is 2.20. The van der Waals surface area contributed by atoms with Crippen molar-refractivity contribution in [2.24, 2.45) is 11.8 Å². The Balaban J connectivity index is 3.77. The van der Waals surface area contributed by atoms with Crippen molar-refractivity contribution in [1.29, 1.82) is 0 Å². The van der Waals surface area contributed by atoms with E-state index in [9.17, 15) is 4.39 Å². The predicted molar refractivity (Wildman–Crippen MR) is 50.0 cm³/mol. The Morgan fingerprint density at radius 3 is 2.25 bits per heavy atom. The molecule has 0 radical (unpaired) electrons. The maximum absolute atomic E-state index is 13.0. The van der Waals surface area contributed by atoms with Crippen LogP contribution in [0.25, 0.3) is 0 Å². The lowest BCUT2D eigenvalue weighted by molar-refractivity contribution is 0.103. The lowest BCUT2D eigenvalue weighted by atomic mass is 9.91. The summed E-state index contributed by atoms with van der Waals surface area (Å²) in [6.45, 7) is 6.80. The molecule has 0 aliphatic heterocycles. The van der Waals surface area contributed by atoms with Crippen molar-refractivity contribution >= 4 is 0 Å². The molecule has 0 aromatic rings. The fraction of sp³-hybridized carbons (Fsp3) is 1.00. The van der Waals surface area contributed by atoms with Gasteiger partial charge in [0.2, 0.25) is 0 Å². The molecule has 12 heavy (non-hydrogen) atoms. The second-order valence-corrected chi connectivity index (χ2v) is 3.70. The van der Waals surface area contributed by atoms with Gasteiger partial charge in [-0.1, -0.05) is 20.8 Å². The van der Waals surface area contributed by atoms with Crippen LogP contribution >= 0.6 is 0 Å². The normalized spacial score (nSPS) is 16.5. The molecule has 0 N–H and O–H groups in total. The van der Waals surface area contributed by atoms with Gasteiger partial charge >= 0.3 is 0 Å². The van der Waals surface area contributed by atoms with E-state index in [2.05, 4.69) is 13.8 Å². The SMILES string of the molecule is CC[C@H](F)C[C@@H](COC)C(C)C. The van der Waals surface area contributed by atoms with Crippen LogP contribution in [-0.2, 0) is 4.74 Å². The summed E-state index contributed by atoms with van der Waals surface area (Å²) in [7, 11) is 1.68. The van der Waals surface area contributed by atoms with E-state index in [1.807, 2.05) is 6.92 Å². The summed E-state index contributed by atoms with van der Waals surface area (Å²) in [5.74, 6) is 0.875. The van der Waals surface area contributed by atoms with Gasteiger partial charge in [0.05, 0.1) is 0 Å². The molecular weight excluding hydrogens is 155 g/mol. The zero-order valence-electron chi connectivity index (χ0n) is 8.64. The highest BCUT2D eigenvalue weighted by molar-refractivity contribution is 4.67. The Morgan fingerprint density at radius 1 is 1.33 bits per heavy atom. The molecule has 0 unspecified atom stereocenters. The van der Waals surface area contributed by atoms with Crippen LogP contribution < -0.4 is 0 Å². The van der Waals surface area contributed by atoms with E-state index in [1.54, 1.807) is 7.11 Å². The fourth-order valence-electron chi connectivity index (χ4n) is 1.24. The molecule has 0 aromatic carbocycles. The van der Waals surface area contributed by atoms with Crippen LogP contribution in [0.3, 0.4) is 0 Å². The monoisotopic (exact) mass is 176 g/mol. The fourth-order valence-corrected chi connectivity index (χ4v) is 1.24. The molecule has 0 fully saturated rings. The first-order chi connectivity index (χ1) is 5.61. The summed E-state index contributed by atoms with van der Waals surface area (Å²) in [4.78, 5) is 0. The van der Waals surface area contributed by atoms with Crippen molar-refractivity contribution in [3.8, 4) is 0 Å². The summed E-state index contributed by atoms with van der Waals surface area (Å²) >= 11 is 0. The van der Waals surface area contributed by atoms with Crippen molar-refractivity contribution in [3.05, 3.63) is 0 Å². The predicted octanol–water partition coefficient (Wildman–Crippen LogP) is 3.04. The Morgan fingerprint density at radius 2 is 1.92 bits per heavy atom. The molecule has 0 aliphatic carbocycles. The molecule has 0 bridgehead atoms. The molecule has 2 heteroatoms. The average molecular weight is 176 g/mol. The molecule has 0 saturated heterocycles.